The number of nitrogens with two attached hydrogens (primary N) is 1. The molecular weight excluding hydrogens is 310 g/mol. The van der Waals surface area contributed by atoms with E-state index in [1.807, 2.05) is 0 Å². The summed E-state index contributed by atoms with van der Waals surface area (Å²) >= 11 is 1.22. The lowest BCUT2D eigenvalue weighted by Crippen LogP contribution is -2.00. The van der Waals surface area contributed by atoms with Crippen LogP contribution in [0, 0.1) is 0 Å². The van der Waals surface area contributed by atoms with Crippen LogP contribution in [0.3, 0.4) is 0 Å². The lowest BCUT2D eigenvalue weighted by molar-refractivity contribution is 0.0693. The normalized spacial score (nSPS) is 11.3. The molecule has 110 valence electrons. The molecule has 0 saturated heterocycles. The van der Waals surface area contributed by atoms with Gasteiger partial charge in [-0.1, -0.05) is 11.8 Å². The van der Waals surface area contributed by atoms with Gasteiger partial charge in [0.05, 0.1) is 10.5 Å². The number of rotatable bonds is 4. The Morgan fingerprint density at radius 2 is 1.76 bits per heavy atom. The highest BCUT2D eigenvalue weighted by Gasteiger charge is 2.12. The number of hydrogen-bond donors (Lipinski definition) is 2. The second kappa shape index (κ2) is 5.79. The van der Waals surface area contributed by atoms with E-state index >= 15 is 0 Å². The van der Waals surface area contributed by atoms with Crippen LogP contribution in [0.1, 0.15) is 10.4 Å². The number of hydrogen-bond acceptors (Lipinski definition) is 5. The zero-order chi connectivity index (χ0) is 15.6. The summed E-state index contributed by atoms with van der Waals surface area (Å²) in [7, 11) is -3.24. The second-order valence-corrected chi connectivity index (χ2v) is 7.54. The van der Waals surface area contributed by atoms with E-state index in [2.05, 4.69) is 0 Å². The minimum Gasteiger partial charge on any atom is -0.478 e. The average Bonchev–Trinajstić information content (AvgIpc) is 2.38. The molecule has 2 rings (SSSR count). The van der Waals surface area contributed by atoms with Crippen molar-refractivity contribution in [2.75, 3.05) is 12.0 Å². The fourth-order valence-corrected chi connectivity index (χ4v) is 3.30. The molecule has 0 unspecified atom stereocenters. The molecule has 0 aliphatic heterocycles. The third-order valence-electron chi connectivity index (χ3n) is 2.72. The molecule has 3 N–H and O–H groups in total. The Balaban J connectivity index is 2.34. The van der Waals surface area contributed by atoms with Gasteiger partial charge < -0.3 is 10.8 Å². The number of carbonyl (C=O) groups is 1. The first-order chi connectivity index (χ1) is 9.77. The highest BCUT2D eigenvalue weighted by Crippen LogP contribution is 2.32. The van der Waals surface area contributed by atoms with Gasteiger partial charge in [0.2, 0.25) is 0 Å². The Morgan fingerprint density at radius 3 is 2.29 bits per heavy atom. The van der Waals surface area contributed by atoms with E-state index in [1.54, 1.807) is 18.2 Å². The topological polar surface area (TPSA) is 97.5 Å². The zero-order valence-corrected chi connectivity index (χ0v) is 12.7. The summed E-state index contributed by atoms with van der Waals surface area (Å²) in [4.78, 5) is 12.6. The van der Waals surface area contributed by atoms with Crippen molar-refractivity contribution in [3.8, 4) is 0 Å². The molecule has 0 bridgehead atoms. The van der Waals surface area contributed by atoms with Crippen molar-refractivity contribution >= 4 is 33.3 Å². The molecule has 0 heterocycles. The van der Waals surface area contributed by atoms with Gasteiger partial charge >= 0.3 is 5.97 Å². The summed E-state index contributed by atoms with van der Waals surface area (Å²) in [6.45, 7) is 0. The Bertz CT molecular complexity index is 783. The highest BCUT2D eigenvalue weighted by atomic mass is 32.2. The van der Waals surface area contributed by atoms with Crippen LogP contribution >= 0.6 is 11.8 Å². The number of aromatic carboxylic acids is 1. The summed E-state index contributed by atoms with van der Waals surface area (Å²) in [5, 5.41) is 9.15. The SMILES string of the molecule is CS(=O)(=O)c1ccc(Sc2cc(N)ccc2C(=O)O)cc1. The Labute approximate surface area is 126 Å². The van der Waals surface area contributed by atoms with Crippen LogP contribution in [0.25, 0.3) is 0 Å². The largest absolute Gasteiger partial charge is 0.478 e. The number of nitrogen functional groups attached to an aromatic ring is 1. The van der Waals surface area contributed by atoms with Gasteiger partial charge in [0.25, 0.3) is 0 Å². The summed E-state index contributed by atoms with van der Waals surface area (Å²) in [6, 6.07) is 10.8. The second-order valence-electron chi connectivity index (χ2n) is 4.41. The fourth-order valence-electron chi connectivity index (χ4n) is 1.68. The summed E-state index contributed by atoms with van der Waals surface area (Å²) in [6.07, 6.45) is 1.13. The number of sulfone groups is 1. The summed E-state index contributed by atoms with van der Waals surface area (Å²) < 4.78 is 22.8. The monoisotopic (exact) mass is 323 g/mol. The number of anilines is 1. The van der Waals surface area contributed by atoms with Crippen molar-refractivity contribution in [2.24, 2.45) is 0 Å². The molecule has 0 aliphatic carbocycles. The van der Waals surface area contributed by atoms with Crippen molar-refractivity contribution in [1.82, 2.24) is 0 Å². The lowest BCUT2D eigenvalue weighted by Gasteiger charge is -2.07. The van der Waals surface area contributed by atoms with Crippen LogP contribution in [0.2, 0.25) is 0 Å². The maximum atomic E-state index is 11.4. The molecule has 0 fully saturated rings. The Hall–Kier alpha value is -1.99. The molecular formula is C14H13NO4S2. The van der Waals surface area contributed by atoms with Gasteiger partial charge in [-0.3, -0.25) is 0 Å². The van der Waals surface area contributed by atoms with Gasteiger partial charge in [0.1, 0.15) is 0 Å². The smallest absolute Gasteiger partial charge is 0.336 e. The van der Waals surface area contributed by atoms with E-state index in [0.29, 0.717) is 10.6 Å². The van der Waals surface area contributed by atoms with Crippen molar-refractivity contribution in [2.45, 2.75) is 14.7 Å². The molecule has 0 radical (unpaired) electrons. The molecule has 0 amide bonds. The van der Waals surface area contributed by atoms with Crippen LogP contribution in [0.5, 0.6) is 0 Å². The number of carboxylic acids is 1. The standard InChI is InChI=1S/C14H13NO4S2/c1-21(18,19)11-5-3-10(4-6-11)20-13-8-9(15)2-7-12(13)14(16)17/h2-8H,15H2,1H3,(H,16,17). The van der Waals surface area contributed by atoms with E-state index in [-0.39, 0.29) is 10.5 Å². The minimum atomic E-state index is -3.24. The molecule has 0 aromatic heterocycles. The Morgan fingerprint density at radius 1 is 1.14 bits per heavy atom. The van der Waals surface area contributed by atoms with Crippen LogP contribution < -0.4 is 5.73 Å². The van der Waals surface area contributed by atoms with Gasteiger partial charge in [-0.15, -0.1) is 0 Å². The average molecular weight is 323 g/mol. The quantitative estimate of drug-likeness (QED) is 0.839. The number of benzene rings is 2. The predicted molar refractivity (Wildman–Crippen MR) is 81.5 cm³/mol. The van der Waals surface area contributed by atoms with Crippen molar-refractivity contribution in [1.29, 1.82) is 0 Å². The van der Waals surface area contributed by atoms with Gasteiger partial charge in [0, 0.05) is 21.7 Å². The van der Waals surface area contributed by atoms with Crippen LogP contribution in [0.15, 0.2) is 57.2 Å². The molecule has 0 saturated carbocycles. The molecule has 7 heteroatoms. The predicted octanol–water partition coefficient (Wildman–Crippen LogP) is 2.52. The van der Waals surface area contributed by atoms with Gasteiger partial charge in [-0.25, -0.2) is 13.2 Å². The first-order valence-corrected chi connectivity index (χ1v) is 8.59. The molecule has 2 aromatic carbocycles. The van der Waals surface area contributed by atoms with E-state index in [0.717, 1.165) is 11.2 Å². The number of carboxylic acid groups (broad SMARTS) is 1. The molecule has 5 nitrogen and oxygen atoms in total. The van der Waals surface area contributed by atoms with Crippen molar-refractivity contribution in [3.05, 3.63) is 48.0 Å². The van der Waals surface area contributed by atoms with E-state index in [4.69, 9.17) is 10.8 Å². The fraction of sp³-hybridized carbons (Fsp3) is 0.0714. The van der Waals surface area contributed by atoms with Gasteiger partial charge in [0.15, 0.2) is 9.84 Å². The molecule has 21 heavy (non-hydrogen) atoms. The van der Waals surface area contributed by atoms with Crippen LogP contribution in [-0.4, -0.2) is 25.7 Å². The third kappa shape index (κ3) is 3.77. The van der Waals surface area contributed by atoms with Crippen LogP contribution in [-0.2, 0) is 9.84 Å². The summed E-state index contributed by atoms with van der Waals surface area (Å²) in [5.74, 6) is -1.04. The van der Waals surface area contributed by atoms with Crippen molar-refractivity contribution < 1.29 is 18.3 Å². The van der Waals surface area contributed by atoms with E-state index < -0.39 is 15.8 Å². The zero-order valence-electron chi connectivity index (χ0n) is 11.1. The first kappa shape index (κ1) is 15.4. The van der Waals surface area contributed by atoms with E-state index in [9.17, 15) is 13.2 Å². The lowest BCUT2D eigenvalue weighted by atomic mass is 10.2. The minimum absolute atomic E-state index is 0.154. The Kier molecular flexibility index (Phi) is 4.24. The maximum Gasteiger partial charge on any atom is 0.336 e. The molecule has 0 aliphatic rings. The first-order valence-electron chi connectivity index (χ1n) is 5.88. The third-order valence-corrected chi connectivity index (χ3v) is 4.91. The molecule has 0 spiro atoms. The maximum absolute atomic E-state index is 11.4. The van der Waals surface area contributed by atoms with E-state index in [1.165, 1.54) is 36.0 Å². The van der Waals surface area contributed by atoms with Crippen molar-refractivity contribution in [3.63, 3.8) is 0 Å². The molecule has 2 aromatic rings. The van der Waals surface area contributed by atoms with Crippen LogP contribution in [0.4, 0.5) is 5.69 Å². The summed E-state index contributed by atoms with van der Waals surface area (Å²) in [5.41, 5.74) is 6.30. The van der Waals surface area contributed by atoms with Gasteiger partial charge in [-0.05, 0) is 42.5 Å². The molecule has 0 atom stereocenters. The van der Waals surface area contributed by atoms with Gasteiger partial charge in [-0.2, -0.15) is 0 Å². The highest BCUT2D eigenvalue weighted by molar-refractivity contribution is 7.99.